The minimum Gasteiger partial charge on any atom is -0.475 e. The standard InChI is InChI=1S/C15H13F3N4O2.2H2/c16-15(17,18)10-4-6-11(7-5-10)19-14-20-12-2-1-3-13(22(12)21-14)24-9-8-23;;/h1-7,23H,8-9H2,(H,19,21);2*1H. The van der Waals surface area contributed by atoms with Gasteiger partial charge in [0.15, 0.2) is 5.65 Å². The summed E-state index contributed by atoms with van der Waals surface area (Å²) in [5.74, 6) is 0.615. The van der Waals surface area contributed by atoms with Crippen molar-refractivity contribution in [2.24, 2.45) is 0 Å². The molecule has 0 saturated carbocycles. The maximum absolute atomic E-state index is 12.6. The normalized spacial score (nSPS) is 11.7. The molecule has 0 spiro atoms. The van der Waals surface area contributed by atoms with E-state index >= 15 is 0 Å². The Morgan fingerprint density at radius 3 is 2.58 bits per heavy atom. The average molecular weight is 342 g/mol. The third-order valence-electron chi connectivity index (χ3n) is 3.13. The van der Waals surface area contributed by atoms with Crippen molar-refractivity contribution >= 4 is 17.3 Å². The molecule has 0 bridgehead atoms. The molecule has 0 aliphatic rings. The summed E-state index contributed by atoms with van der Waals surface area (Å²) in [6.45, 7) is -0.0254. The molecule has 0 fully saturated rings. The van der Waals surface area contributed by atoms with E-state index in [0.29, 0.717) is 17.2 Å². The molecule has 0 radical (unpaired) electrons. The molecule has 130 valence electrons. The predicted molar refractivity (Wildman–Crippen MR) is 84.5 cm³/mol. The van der Waals surface area contributed by atoms with E-state index in [9.17, 15) is 13.2 Å². The van der Waals surface area contributed by atoms with E-state index < -0.39 is 11.7 Å². The fourth-order valence-corrected chi connectivity index (χ4v) is 2.07. The van der Waals surface area contributed by atoms with E-state index in [1.807, 2.05) is 0 Å². The third kappa shape index (κ3) is 3.40. The molecule has 24 heavy (non-hydrogen) atoms. The summed E-state index contributed by atoms with van der Waals surface area (Å²) in [6.07, 6.45) is -4.38. The first-order valence-corrected chi connectivity index (χ1v) is 7.01. The molecule has 0 amide bonds. The van der Waals surface area contributed by atoms with E-state index in [1.54, 1.807) is 18.2 Å². The Kier molecular flexibility index (Phi) is 4.26. The topological polar surface area (TPSA) is 71.7 Å². The Morgan fingerprint density at radius 1 is 1.17 bits per heavy atom. The van der Waals surface area contributed by atoms with Crippen LogP contribution in [0, 0.1) is 0 Å². The van der Waals surface area contributed by atoms with Crippen LogP contribution in [0.25, 0.3) is 5.65 Å². The Labute approximate surface area is 137 Å². The van der Waals surface area contributed by atoms with Gasteiger partial charge in [-0.2, -0.15) is 22.7 Å². The number of benzene rings is 1. The highest BCUT2D eigenvalue weighted by atomic mass is 19.4. The summed E-state index contributed by atoms with van der Waals surface area (Å²) in [6, 6.07) is 9.66. The monoisotopic (exact) mass is 342 g/mol. The van der Waals surface area contributed by atoms with Gasteiger partial charge >= 0.3 is 6.18 Å². The van der Waals surface area contributed by atoms with Gasteiger partial charge in [-0.25, -0.2) is 0 Å². The van der Waals surface area contributed by atoms with E-state index in [1.165, 1.54) is 16.6 Å². The van der Waals surface area contributed by atoms with Crippen LogP contribution in [0.5, 0.6) is 5.88 Å². The summed E-state index contributed by atoms with van der Waals surface area (Å²) in [5, 5.41) is 15.9. The lowest BCUT2D eigenvalue weighted by Gasteiger charge is -2.07. The van der Waals surface area contributed by atoms with Crippen LogP contribution in [-0.2, 0) is 6.18 Å². The number of nitrogens with zero attached hydrogens (tertiary/aromatic N) is 3. The van der Waals surface area contributed by atoms with Gasteiger partial charge in [0.2, 0.25) is 11.8 Å². The zero-order chi connectivity index (χ0) is 17.2. The molecule has 0 saturated heterocycles. The molecule has 0 atom stereocenters. The van der Waals surface area contributed by atoms with Crippen LogP contribution < -0.4 is 10.1 Å². The summed E-state index contributed by atoms with van der Waals surface area (Å²) < 4.78 is 44.4. The number of fused-ring (bicyclic) bond motifs is 1. The third-order valence-corrected chi connectivity index (χ3v) is 3.13. The van der Waals surface area contributed by atoms with Gasteiger partial charge in [0, 0.05) is 14.6 Å². The lowest BCUT2D eigenvalue weighted by Crippen LogP contribution is -2.06. The van der Waals surface area contributed by atoms with Gasteiger partial charge in [0.25, 0.3) is 0 Å². The highest BCUT2D eigenvalue weighted by Gasteiger charge is 2.29. The number of pyridine rings is 1. The Morgan fingerprint density at radius 2 is 1.92 bits per heavy atom. The van der Waals surface area contributed by atoms with Crippen LogP contribution in [0.2, 0.25) is 0 Å². The number of rotatable bonds is 5. The summed E-state index contributed by atoms with van der Waals surface area (Å²) in [5.41, 5.74) is 0.201. The number of aliphatic hydroxyl groups is 1. The SMILES string of the molecule is OCCOc1cccc2nc(Nc3ccc(C(F)(F)F)cc3)nn12.[HH].[HH]. The quantitative estimate of drug-likeness (QED) is 0.744. The maximum atomic E-state index is 12.6. The van der Waals surface area contributed by atoms with Crippen molar-refractivity contribution in [3.63, 3.8) is 0 Å². The number of ether oxygens (including phenoxy) is 1. The molecular weight excluding hydrogens is 325 g/mol. The number of hydrogen-bond acceptors (Lipinski definition) is 5. The van der Waals surface area contributed by atoms with Crippen molar-refractivity contribution in [1.29, 1.82) is 0 Å². The summed E-state index contributed by atoms with van der Waals surface area (Å²) in [4.78, 5) is 4.22. The number of aliphatic hydroxyl groups excluding tert-OH is 1. The highest BCUT2D eigenvalue weighted by molar-refractivity contribution is 5.56. The molecule has 3 rings (SSSR count). The van der Waals surface area contributed by atoms with Crippen LogP contribution in [0.4, 0.5) is 24.8 Å². The molecule has 2 N–H and O–H groups in total. The molecule has 1 aromatic carbocycles. The summed E-state index contributed by atoms with van der Waals surface area (Å²) >= 11 is 0. The minimum atomic E-state index is -4.38. The van der Waals surface area contributed by atoms with Gasteiger partial charge in [-0.3, -0.25) is 0 Å². The first-order valence-electron chi connectivity index (χ1n) is 7.01. The summed E-state index contributed by atoms with van der Waals surface area (Å²) in [7, 11) is 0. The van der Waals surface area contributed by atoms with Crippen LogP contribution in [-0.4, -0.2) is 32.9 Å². The van der Waals surface area contributed by atoms with Crippen molar-refractivity contribution in [3.8, 4) is 5.88 Å². The number of anilines is 2. The number of halogens is 3. The van der Waals surface area contributed by atoms with E-state index in [-0.39, 0.29) is 22.0 Å². The first kappa shape index (κ1) is 16.1. The number of nitrogens with one attached hydrogen (secondary N) is 1. The zero-order valence-electron chi connectivity index (χ0n) is 12.3. The molecule has 0 aliphatic heterocycles. The van der Waals surface area contributed by atoms with E-state index in [2.05, 4.69) is 15.4 Å². The fraction of sp³-hybridized carbons (Fsp3) is 0.200. The van der Waals surface area contributed by atoms with Gasteiger partial charge in [-0.1, -0.05) is 6.07 Å². The second-order valence-corrected chi connectivity index (χ2v) is 4.84. The second-order valence-electron chi connectivity index (χ2n) is 4.84. The van der Waals surface area contributed by atoms with Crippen LogP contribution in [0.3, 0.4) is 0 Å². The van der Waals surface area contributed by atoms with Crippen molar-refractivity contribution in [2.75, 3.05) is 18.5 Å². The smallest absolute Gasteiger partial charge is 0.416 e. The lowest BCUT2D eigenvalue weighted by molar-refractivity contribution is -0.137. The maximum Gasteiger partial charge on any atom is 0.416 e. The second kappa shape index (κ2) is 6.36. The van der Waals surface area contributed by atoms with Gasteiger partial charge in [-0.15, -0.1) is 5.10 Å². The van der Waals surface area contributed by atoms with Crippen LogP contribution >= 0.6 is 0 Å². The van der Waals surface area contributed by atoms with E-state index in [4.69, 9.17) is 9.84 Å². The van der Waals surface area contributed by atoms with Gasteiger partial charge in [0.05, 0.1) is 12.2 Å². The molecule has 6 nitrogen and oxygen atoms in total. The Balaban J connectivity index is 0.00000169. The largest absolute Gasteiger partial charge is 0.475 e. The molecule has 9 heteroatoms. The molecule has 0 unspecified atom stereocenters. The molecule has 2 aromatic heterocycles. The van der Waals surface area contributed by atoms with Crippen molar-refractivity contribution in [1.82, 2.24) is 14.6 Å². The van der Waals surface area contributed by atoms with Gasteiger partial charge in [0.1, 0.15) is 6.61 Å². The van der Waals surface area contributed by atoms with Crippen molar-refractivity contribution < 1.29 is 25.9 Å². The predicted octanol–water partition coefficient (Wildman–Crippen LogP) is 3.35. The fourth-order valence-electron chi connectivity index (χ4n) is 2.07. The molecule has 0 aliphatic carbocycles. The molecular formula is C15H17F3N4O2. The zero-order valence-corrected chi connectivity index (χ0v) is 12.3. The lowest BCUT2D eigenvalue weighted by atomic mass is 10.2. The van der Waals surface area contributed by atoms with E-state index in [0.717, 1.165) is 12.1 Å². The average Bonchev–Trinajstić information content (AvgIpc) is 2.95. The van der Waals surface area contributed by atoms with Crippen molar-refractivity contribution in [3.05, 3.63) is 48.0 Å². The molecule has 2 heterocycles. The number of aromatic nitrogens is 3. The van der Waals surface area contributed by atoms with Crippen molar-refractivity contribution in [2.45, 2.75) is 6.18 Å². The Hall–Kier alpha value is -2.81. The Bertz CT molecular complexity index is 841. The highest BCUT2D eigenvalue weighted by Crippen LogP contribution is 2.30. The van der Waals surface area contributed by atoms with Crippen LogP contribution in [0.15, 0.2) is 42.5 Å². The van der Waals surface area contributed by atoms with Gasteiger partial charge < -0.3 is 15.2 Å². The van der Waals surface area contributed by atoms with Crippen LogP contribution in [0.1, 0.15) is 8.42 Å². The molecule has 3 aromatic rings. The number of hydrogen-bond donors (Lipinski definition) is 2. The minimum absolute atomic E-state index is 0. The van der Waals surface area contributed by atoms with Gasteiger partial charge in [-0.05, 0) is 30.3 Å². The first-order chi connectivity index (χ1) is 11.5. The number of alkyl halides is 3.